The SMILES string of the molecule is Cc1ccc(SCc2noc(CN)n2)cc1. The van der Waals surface area contributed by atoms with Gasteiger partial charge in [-0.2, -0.15) is 4.98 Å². The van der Waals surface area contributed by atoms with E-state index in [4.69, 9.17) is 10.3 Å². The van der Waals surface area contributed by atoms with Crippen LogP contribution in [0.15, 0.2) is 33.7 Å². The third-order valence-electron chi connectivity index (χ3n) is 2.07. The van der Waals surface area contributed by atoms with Crippen molar-refractivity contribution in [1.82, 2.24) is 10.1 Å². The molecule has 2 N–H and O–H groups in total. The Hall–Kier alpha value is -1.33. The minimum Gasteiger partial charge on any atom is -0.338 e. The highest BCUT2D eigenvalue weighted by molar-refractivity contribution is 7.98. The van der Waals surface area contributed by atoms with Crippen molar-refractivity contribution in [1.29, 1.82) is 0 Å². The maximum atomic E-state index is 5.38. The van der Waals surface area contributed by atoms with Gasteiger partial charge in [-0.25, -0.2) is 0 Å². The Labute approximate surface area is 98.2 Å². The Morgan fingerprint density at radius 3 is 2.69 bits per heavy atom. The third kappa shape index (κ3) is 2.84. The molecule has 0 aliphatic rings. The van der Waals surface area contributed by atoms with Crippen molar-refractivity contribution in [2.45, 2.75) is 24.1 Å². The largest absolute Gasteiger partial charge is 0.338 e. The number of benzene rings is 1. The molecule has 5 heteroatoms. The molecule has 0 aliphatic heterocycles. The summed E-state index contributed by atoms with van der Waals surface area (Å²) in [6.45, 7) is 2.36. The maximum absolute atomic E-state index is 5.38. The normalized spacial score (nSPS) is 10.6. The Kier molecular flexibility index (Phi) is 3.58. The molecule has 2 rings (SSSR count). The van der Waals surface area contributed by atoms with Crippen LogP contribution < -0.4 is 5.73 Å². The second-order valence-electron chi connectivity index (χ2n) is 3.41. The topological polar surface area (TPSA) is 64.9 Å². The molecule has 2 aromatic rings. The number of nitrogens with zero attached hydrogens (tertiary/aromatic N) is 2. The van der Waals surface area contributed by atoms with E-state index in [1.807, 2.05) is 0 Å². The van der Waals surface area contributed by atoms with Crippen LogP contribution in [0.25, 0.3) is 0 Å². The van der Waals surface area contributed by atoms with Gasteiger partial charge < -0.3 is 10.3 Å². The zero-order valence-corrected chi connectivity index (χ0v) is 9.83. The molecular formula is C11H13N3OS. The average molecular weight is 235 g/mol. The molecule has 0 atom stereocenters. The van der Waals surface area contributed by atoms with Crippen molar-refractivity contribution in [2.75, 3.05) is 0 Å². The third-order valence-corrected chi connectivity index (χ3v) is 3.08. The molecule has 0 radical (unpaired) electrons. The molecule has 0 fully saturated rings. The van der Waals surface area contributed by atoms with Crippen LogP contribution in [0.3, 0.4) is 0 Å². The van der Waals surface area contributed by atoms with Crippen LogP contribution in [0.1, 0.15) is 17.3 Å². The average Bonchev–Trinajstić information content (AvgIpc) is 2.76. The molecule has 4 nitrogen and oxygen atoms in total. The second kappa shape index (κ2) is 5.14. The maximum Gasteiger partial charge on any atom is 0.240 e. The van der Waals surface area contributed by atoms with E-state index in [2.05, 4.69) is 41.3 Å². The molecule has 0 aliphatic carbocycles. The van der Waals surface area contributed by atoms with Gasteiger partial charge in [-0.3, -0.25) is 0 Å². The van der Waals surface area contributed by atoms with Gasteiger partial charge >= 0.3 is 0 Å². The van der Waals surface area contributed by atoms with Crippen molar-refractivity contribution in [2.24, 2.45) is 5.73 Å². The highest BCUT2D eigenvalue weighted by Crippen LogP contribution is 2.21. The summed E-state index contributed by atoms with van der Waals surface area (Å²) in [6, 6.07) is 8.35. The number of hydrogen-bond donors (Lipinski definition) is 1. The Bertz CT molecular complexity index is 453. The van der Waals surface area contributed by atoms with Crippen molar-refractivity contribution in [3.05, 3.63) is 41.5 Å². The van der Waals surface area contributed by atoms with Gasteiger partial charge in [0.15, 0.2) is 5.82 Å². The standard InChI is InChI=1S/C11H13N3OS/c1-8-2-4-9(5-3-8)16-7-10-13-11(6-12)15-14-10/h2-5H,6-7,12H2,1H3. The van der Waals surface area contributed by atoms with Crippen LogP contribution in [-0.4, -0.2) is 10.1 Å². The first-order valence-electron chi connectivity index (χ1n) is 4.99. The van der Waals surface area contributed by atoms with E-state index in [1.54, 1.807) is 11.8 Å². The lowest BCUT2D eigenvalue weighted by Crippen LogP contribution is -1.96. The van der Waals surface area contributed by atoms with Gasteiger partial charge in [0.05, 0.1) is 12.3 Å². The Morgan fingerprint density at radius 1 is 1.31 bits per heavy atom. The fourth-order valence-corrected chi connectivity index (χ4v) is 1.96. The summed E-state index contributed by atoms with van der Waals surface area (Å²) < 4.78 is 4.92. The first-order chi connectivity index (χ1) is 7.78. The molecular weight excluding hydrogens is 222 g/mol. The molecule has 1 aromatic carbocycles. The van der Waals surface area contributed by atoms with Crippen LogP contribution in [0.2, 0.25) is 0 Å². The molecule has 16 heavy (non-hydrogen) atoms. The molecule has 0 unspecified atom stereocenters. The molecule has 1 heterocycles. The summed E-state index contributed by atoms with van der Waals surface area (Å²) >= 11 is 1.68. The first kappa shape index (κ1) is 11.2. The van der Waals surface area contributed by atoms with Gasteiger partial charge in [-0.15, -0.1) is 11.8 Å². The van der Waals surface area contributed by atoms with E-state index in [0.717, 1.165) is 0 Å². The van der Waals surface area contributed by atoms with Crippen molar-refractivity contribution in [3.63, 3.8) is 0 Å². The summed E-state index contributed by atoms with van der Waals surface area (Å²) in [6.07, 6.45) is 0. The molecule has 1 aromatic heterocycles. The number of aromatic nitrogens is 2. The van der Waals surface area contributed by atoms with Gasteiger partial charge in [-0.1, -0.05) is 22.9 Å². The number of aryl methyl sites for hydroxylation is 1. The molecule has 0 amide bonds. The van der Waals surface area contributed by atoms with Crippen molar-refractivity contribution >= 4 is 11.8 Å². The molecule has 0 spiro atoms. The minimum atomic E-state index is 0.294. The number of hydrogen-bond acceptors (Lipinski definition) is 5. The summed E-state index contributed by atoms with van der Waals surface area (Å²) in [5.74, 6) is 1.87. The fraction of sp³-hybridized carbons (Fsp3) is 0.273. The smallest absolute Gasteiger partial charge is 0.240 e. The zero-order valence-electron chi connectivity index (χ0n) is 9.01. The molecule has 0 saturated heterocycles. The minimum absolute atomic E-state index is 0.294. The lowest BCUT2D eigenvalue weighted by Gasteiger charge is -1.98. The Balaban J connectivity index is 1.94. The monoisotopic (exact) mass is 235 g/mol. The molecule has 0 saturated carbocycles. The number of thioether (sulfide) groups is 1. The molecule has 0 bridgehead atoms. The highest BCUT2D eigenvalue weighted by Gasteiger charge is 2.04. The summed E-state index contributed by atoms with van der Waals surface area (Å²) in [4.78, 5) is 5.34. The quantitative estimate of drug-likeness (QED) is 0.822. The van der Waals surface area contributed by atoms with Gasteiger partial charge in [0, 0.05) is 4.90 Å². The lowest BCUT2D eigenvalue weighted by atomic mass is 10.2. The van der Waals surface area contributed by atoms with E-state index in [0.29, 0.717) is 24.0 Å². The summed E-state index contributed by atoms with van der Waals surface area (Å²) in [7, 11) is 0. The van der Waals surface area contributed by atoms with Crippen LogP contribution in [-0.2, 0) is 12.3 Å². The molecule has 84 valence electrons. The number of nitrogens with two attached hydrogens (primary N) is 1. The second-order valence-corrected chi connectivity index (χ2v) is 4.46. The highest BCUT2D eigenvalue weighted by atomic mass is 32.2. The number of rotatable bonds is 4. The van der Waals surface area contributed by atoms with Gasteiger partial charge in [0.25, 0.3) is 0 Å². The van der Waals surface area contributed by atoms with E-state index < -0.39 is 0 Å². The summed E-state index contributed by atoms with van der Waals surface area (Å²) in [5.41, 5.74) is 6.64. The van der Waals surface area contributed by atoms with Crippen LogP contribution in [0, 0.1) is 6.92 Å². The van der Waals surface area contributed by atoms with Crippen LogP contribution in [0.5, 0.6) is 0 Å². The predicted octanol–water partition coefficient (Wildman–Crippen LogP) is 2.13. The first-order valence-corrected chi connectivity index (χ1v) is 5.97. The van der Waals surface area contributed by atoms with Gasteiger partial charge in [-0.05, 0) is 19.1 Å². The summed E-state index contributed by atoms with van der Waals surface area (Å²) in [5, 5.41) is 3.83. The van der Waals surface area contributed by atoms with E-state index >= 15 is 0 Å². The van der Waals surface area contributed by atoms with Crippen LogP contribution in [0.4, 0.5) is 0 Å². The van der Waals surface area contributed by atoms with Crippen molar-refractivity contribution < 1.29 is 4.52 Å². The van der Waals surface area contributed by atoms with Gasteiger partial charge in [0.1, 0.15) is 0 Å². The zero-order chi connectivity index (χ0) is 11.4. The van der Waals surface area contributed by atoms with Crippen molar-refractivity contribution in [3.8, 4) is 0 Å². The lowest BCUT2D eigenvalue weighted by molar-refractivity contribution is 0.376. The fourth-order valence-electron chi connectivity index (χ4n) is 1.21. The van der Waals surface area contributed by atoms with Crippen LogP contribution >= 0.6 is 11.8 Å². The van der Waals surface area contributed by atoms with E-state index in [1.165, 1.54) is 10.5 Å². The van der Waals surface area contributed by atoms with E-state index in [9.17, 15) is 0 Å². The Morgan fingerprint density at radius 2 is 2.06 bits per heavy atom. The predicted molar refractivity (Wildman–Crippen MR) is 62.9 cm³/mol. The van der Waals surface area contributed by atoms with Gasteiger partial charge in [0.2, 0.25) is 5.89 Å². The van der Waals surface area contributed by atoms with E-state index in [-0.39, 0.29) is 0 Å².